The highest BCUT2D eigenvalue weighted by molar-refractivity contribution is 5.94. The number of carbonyl (C=O) groups excluding carboxylic acids is 2. The first-order valence-corrected chi connectivity index (χ1v) is 9.44. The first-order valence-electron chi connectivity index (χ1n) is 9.44. The first kappa shape index (κ1) is 18.2. The molecule has 1 fully saturated rings. The molecule has 0 spiro atoms. The molecular formula is C20H23N5O3. The van der Waals surface area contributed by atoms with Crippen LogP contribution in [0.3, 0.4) is 0 Å². The molecule has 4 heterocycles. The van der Waals surface area contributed by atoms with E-state index in [0.717, 1.165) is 22.7 Å². The van der Waals surface area contributed by atoms with E-state index in [9.17, 15) is 9.59 Å². The van der Waals surface area contributed by atoms with Crippen molar-refractivity contribution in [2.45, 2.75) is 45.7 Å². The van der Waals surface area contributed by atoms with Crippen molar-refractivity contribution in [1.29, 1.82) is 0 Å². The minimum Gasteiger partial charge on any atom is -0.361 e. The quantitative estimate of drug-likeness (QED) is 0.748. The van der Waals surface area contributed by atoms with E-state index in [1.165, 1.54) is 0 Å². The Morgan fingerprint density at radius 3 is 2.96 bits per heavy atom. The average molecular weight is 381 g/mol. The maximum absolute atomic E-state index is 12.6. The molecule has 1 N–H and O–H groups in total. The summed E-state index contributed by atoms with van der Waals surface area (Å²) >= 11 is 0. The van der Waals surface area contributed by atoms with E-state index >= 15 is 0 Å². The van der Waals surface area contributed by atoms with E-state index < -0.39 is 0 Å². The Balaban J connectivity index is 1.40. The molecule has 8 nitrogen and oxygen atoms in total. The summed E-state index contributed by atoms with van der Waals surface area (Å²) in [6.07, 6.45) is 7.03. The Hall–Kier alpha value is -3.16. The number of nitrogens with zero attached hydrogens (tertiary/aromatic N) is 4. The van der Waals surface area contributed by atoms with Gasteiger partial charge >= 0.3 is 0 Å². The van der Waals surface area contributed by atoms with E-state index in [2.05, 4.69) is 15.5 Å². The van der Waals surface area contributed by atoms with Gasteiger partial charge in [-0.1, -0.05) is 5.16 Å². The molecule has 146 valence electrons. The molecule has 4 rings (SSSR count). The number of aryl methyl sites for hydroxylation is 2. The SMILES string of the molecule is Cc1noc(C)c1CN1CCC(NC(=O)c2ccc3nccn3c2)CCC1=O. The molecule has 1 atom stereocenters. The predicted octanol–water partition coefficient (Wildman–Crippen LogP) is 2.25. The normalized spacial score (nSPS) is 17.7. The van der Waals surface area contributed by atoms with Gasteiger partial charge in [-0.25, -0.2) is 4.98 Å². The number of pyridine rings is 1. The second kappa shape index (κ2) is 7.46. The van der Waals surface area contributed by atoms with Crippen LogP contribution < -0.4 is 5.32 Å². The zero-order chi connectivity index (χ0) is 19.7. The fourth-order valence-electron chi connectivity index (χ4n) is 3.59. The summed E-state index contributed by atoms with van der Waals surface area (Å²) in [5, 5.41) is 7.03. The van der Waals surface area contributed by atoms with Crippen LogP contribution >= 0.6 is 0 Å². The molecule has 0 saturated carbocycles. The van der Waals surface area contributed by atoms with Gasteiger partial charge in [0.1, 0.15) is 11.4 Å². The van der Waals surface area contributed by atoms with Crippen LogP contribution in [-0.2, 0) is 11.3 Å². The molecule has 3 aromatic rings. The lowest BCUT2D eigenvalue weighted by molar-refractivity contribution is -0.131. The van der Waals surface area contributed by atoms with Crippen molar-refractivity contribution >= 4 is 17.5 Å². The average Bonchev–Trinajstić information content (AvgIpc) is 3.23. The van der Waals surface area contributed by atoms with Gasteiger partial charge < -0.3 is 19.1 Å². The van der Waals surface area contributed by atoms with Crippen molar-refractivity contribution in [2.24, 2.45) is 0 Å². The van der Waals surface area contributed by atoms with E-state index in [4.69, 9.17) is 4.52 Å². The van der Waals surface area contributed by atoms with Crippen LogP contribution in [0.2, 0.25) is 0 Å². The predicted molar refractivity (Wildman–Crippen MR) is 102 cm³/mol. The topological polar surface area (TPSA) is 92.7 Å². The van der Waals surface area contributed by atoms with Crippen LogP contribution in [-0.4, -0.2) is 43.8 Å². The zero-order valence-corrected chi connectivity index (χ0v) is 16.0. The lowest BCUT2D eigenvalue weighted by Gasteiger charge is -2.21. The first-order chi connectivity index (χ1) is 13.5. The summed E-state index contributed by atoms with van der Waals surface area (Å²) in [6, 6.07) is 3.55. The fraction of sp³-hybridized carbons (Fsp3) is 0.400. The number of rotatable bonds is 4. The van der Waals surface area contributed by atoms with Gasteiger partial charge in [0.05, 0.1) is 17.8 Å². The third kappa shape index (κ3) is 3.62. The molecule has 1 unspecified atom stereocenters. The second-order valence-corrected chi connectivity index (χ2v) is 7.23. The molecule has 1 aliphatic rings. The van der Waals surface area contributed by atoms with Gasteiger partial charge in [0, 0.05) is 43.2 Å². The minimum absolute atomic E-state index is 0.0374. The summed E-state index contributed by atoms with van der Waals surface area (Å²) in [7, 11) is 0. The van der Waals surface area contributed by atoms with Gasteiger partial charge in [-0.2, -0.15) is 0 Å². The third-order valence-electron chi connectivity index (χ3n) is 5.32. The smallest absolute Gasteiger partial charge is 0.252 e. The van der Waals surface area contributed by atoms with Crippen molar-refractivity contribution in [3.05, 3.63) is 53.3 Å². The van der Waals surface area contributed by atoms with Gasteiger partial charge in [0.2, 0.25) is 5.91 Å². The Morgan fingerprint density at radius 2 is 2.18 bits per heavy atom. The van der Waals surface area contributed by atoms with Gasteiger partial charge in [-0.05, 0) is 38.8 Å². The zero-order valence-electron chi connectivity index (χ0n) is 16.0. The number of fused-ring (bicyclic) bond motifs is 1. The molecule has 8 heteroatoms. The third-order valence-corrected chi connectivity index (χ3v) is 5.32. The van der Waals surface area contributed by atoms with Crippen molar-refractivity contribution < 1.29 is 14.1 Å². The van der Waals surface area contributed by atoms with Crippen LogP contribution in [0.5, 0.6) is 0 Å². The van der Waals surface area contributed by atoms with Crippen LogP contribution in [0.15, 0.2) is 35.2 Å². The largest absolute Gasteiger partial charge is 0.361 e. The molecule has 28 heavy (non-hydrogen) atoms. The minimum atomic E-state index is -0.132. The Bertz CT molecular complexity index is 1000. The molecule has 0 aliphatic carbocycles. The summed E-state index contributed by atoms with van der Waals surface area (Å²) < 4.78 is 7.02. The summed E-state index contributed by atoms with van der Waals surface area (Å²) in [4.78, 5) is 31.2. The van der Waals surface area contributed by atoms with Gasteiger partial charge in [0.15, 0.2) is 0 Å². The van der Waals surface area contributed by atoms with Crippen LogP contribution in [0.1, 0.15) is 46.6 Å². The molecule has 0 aromatic carbocycles. The molecule has 3 aromatic heterocycles. The lowest BCUT2D eigenvalue weighted by atomic mass is 10.1. The maximum atomic E-state index is 12.6. The lowest BCUT2D eigenvalue weighted by Crippen LogP contribution is -2.36. The Morgan fingerprint density at radius 1 is 1.32 bits per heavy atom. The molecule has 0 bridgehead atoms. The monoisotopic (exact) mass is 381 g/mol. The standard InChI is InChI=1S/C20H23N5O3/c1-13-17(14(2)28-23-13)12-25-9-7-16(4-6-19(25)26)22-20(27)15-3-5-18-21-8-10-24(18)11-15/h3,5,8,10-11,16H,4,6-7,9,12H2,1-2H3,(H,22,27). The van der Waals surface area contributed by atoms with E-state index in [1.807, 2.05) is 35.4 Å². The van der Waals surface area contributed by atoms with Crippen molar-refractivity contribution in [1.82, 2.24) is 24.8 Å². The number of hydrogen-bond acceptors (Lipinski definition) is 5. The van der Waals surface area contributed by atoms with Crippen LogP contribution in [0.4, 0.5) is 0 Å². The highest BCUT2D eigenvalue weighted by atomic mass is 16.5. The van der Waals surface area contributed by atoms with Gasteiger partial charge in [0.25, 0.3) is 5.91 Å². The number of aromatic nitrogens is 3. The summed E-state index contributed by atoms with van der Waals surface area (Å²) in [5.41, 5.74) is 3.15. The number of amides is 2. The number of imidazole rings is 1. The van der Waals surface area contributed by atoms with E-state index in [0.29, 0.717) is 37.9 Å². The van der Waals surface area contributed by atoms with E-state index in [-0.39, 0.29) is 17.9 Å². The van der Waals surface area contributed by atoms with Gasteiger partial charge in [-0.15, -0.1) is 0 Å². The molecule has 1 saturated heterocycles. The Labute approximate surface area is 162 Å². The van der Waals surface area contributed by atoms with Crippen molar-refractivity contribution in [2.75, 3.05) is 6.54 Å². The molecule has 2 amide bonds. The van der Waals surface area contributed by atoms with Crippen molar-refractivity contribution in [3.8, 4) is 0 Å². The summed E-state index contributed by atoms with van der Waals surface area (Å²) in [6.45, 7) is 4.83. The molecule has 1 aliphatic heterocycles. The fourth-order valence-corrected chi connectivity index (χ4v) is 3.59. The highest BCUT2D eigenvalue weighted by Gasteiger charge is 2.25. The number of hydrogen-bond donors (Lipinski definition) is 1. The highest BCUT2D eigenvalue weighted by Crippen LogP contribution is 2.19. The Kier molecular flexibility index (Phi) is 4.85. The maximum Gasteiger partial charge on any atom is 0.252 e. The number of carbonyl (C=O) groups is 2. The molecule has 0 radical (unpaired) electrons. The van der Waals surface area contributed by atoms with E-state index in [1.54, 1.807) is 18.5 Å². The molecular weight excluding hydrogens is 358 g/mol. The summed E-state index contributed by atoms with van der Waals surface area (Å²) in [5.74, 6) is 0.707. The van der Waals surface area contributed by atoms with Crippen molar-refractivity contribution in [3.63, 3.8) is 0 Å². The number of nitrogens with one attached hydrogen (secondary N) is 1. The second-order valence-electron chi connectivity index (χ2n) is 7.23. The van der Waals surface area contributed by atoms with Gasteiger partial charge in [-0.3, -0.25) is 9.59 Å². The number of likely N-dealkylation sites (tertiary alicyclic amines) is 1. The van der Waals surface area contributed by atoms with Crippen LogP contribution in [0.25, 0.3) is 5.65 Å². The van der Waals surface area contributed by atoms with Crippen LogP contribution in [0, 0.1) is 13.8 Å².